The van der Waals surface area contributed by atoms with Crippen molar-refractivity contribution in [2.45, 2.75) is 19.8 Å². The molecule has 0 fully saturated rings. The van der Waals surface area contributed by atoms with E-state index in [1.165, 1.54) is 6.92 Å². The first-order chi connectivity index (χ1) is 6.45. The maximum Gasteiger partial charge on any atom is 0.310 e. The number of aryl methyl sites for hydroxylation is 1. The van der Waals surface area contributed by atoms with Crippen LogP contribution >= 0.6 is 15.9 Å². The molecule has 1 N–H and O–H groups in total. The second kappa shape index (κ2) is 4.09. The van der Waals surface area contributed by atoms with Gasteiger partial charge in [-0.2, -0.15) is 0 Å². The second-order valence-corrected chi connectivity index (χ2v) is 3.95. The number of aliphatic carboxylic acids is 1. The van der Waals surface area contributed by atoms with Crippen LogP contribution < -0.4 is 0 Å². The number of carboxylic acids is 1. The molecule has 0 aliphatic rings. The van der Waals surface area contributed by atoms with Gasteiger partial charge in [0.05, 0.1) is 10.4 Å². The molecule has 1 aromatic rings. The predicted molar refractivity (Wildman–Crippen MR) is 54.9 cm³/mol. The van der Waals surface area contributed by atoms with Crippen LogP contribution in [0.15, 0.2) is 16.6 Å². The summed E-state index contributed by atoms with van der Waals surface area (Å²) < 4.78 is 13.6. The molecule has 1 rings (SSSR count). The first-order valence-electron chi connectivity index (χ1n) is 4.12. The Labute approximate surface area is 89.9 Å². The fraction of sp³-hybridized carbons (Fsp3) is 0.300. The Bertz CT molecular complexity index is 377. The molecule has 1 unspecified atom stereocenters. The van der Waals surface area contributed by atoms with Gasteiger partial charge in [-0.05, 0) is 40.9 Å². The first-order valence-corrected chi connectivity index (χ1v) is 4.91. The maximum atomic E-state index is 13.4. The van der Waals surface area contributed by atoms with E-state index in [2.05, 4.69) is 15.9 Å². The number of rotatable bonds is 2. The molecule has 1 atom stereocenters. The maximum absolute atomic E-state index is 13.4. The van der Waals surface area contributed by atoms with Crippen molar-refractivity contribution in [1.82, 2.24) is 0 Å². The van der Waals surface area contributed by atoms with Crippen LogP contribution in [0.4, 0.5) is 4.39 Å². The second-order valence-electron chi connectivity index (χ2n) is 3.16. The highest BCUT2D eigenvalue weighted by Gasteiger charge is 2.19. The lowest BCUT2D eigenvalue weighted by atomic mass is 10.00. The van der Waals surface area contributed by atoms with E-state index in [9.17, 15) is 9.18 Å². The Morgan fingerprint density at radius 3 is 2.64 bits per heavy atom. The van der Waals surface area contributed by atoms with Gasteiger partial charge in [-0.25, -0.2) is 4.39 Å². The van der Waals surface area contributed by atoms with Crippen LogP contribution in [0.1, 0.15) is 24.0 Å². The van der Waals surface area contributed by atoms with Crippen molar-refractivity contribution in [3.05, 3.63) is 33.5 Å². The number of carbonyl (C=O) groups is 1. The highest BCUT2D eigenvalue weighted by molar-refractivity contribution is 9.10. The minimum atomic E-state index is -0.964. The summed E-state index contributed by atoms with van der Waals surface area (Å²) in [4.78, 5) is 10.7. The van der Waals surface area contributed by atoms with Crippen molar-refractivity contribution in [2.75, 3.05) is 0 Å². The number of carboxylic acid groups (broad SMARTS) is 1. The normalized spacial score (nSPS) is 12.6. The molecule has 0 amide bonds. The summed E-state index contributed by atoms with van der Waals surface area (Å²) in [7, 11) is 0. The van der Waals surface area contributed by atoms with E-state index in [1.807, 2.05) is 0 Å². The van der Waals surface area contributed by atoms with Crippen LogP contribution in [0.5, 0.6) is 0 Å². The van der Waals surface area contributed by atoms with E-state index in [0.717, 1.165) is 0 Å². The van der Waals surface area contributed by atoms with Crippen molar-refractivity contribution >= 4 is 21.9 Å². The molecule has 14 heavy (non-hydrogen) atoms. The summed E-state index contributed by atoms with van der Waals surface area (Å²) >= 11 is 3.06. The number of hydrogen-bond acceptors (Lipinski definition) is 1. The fourth-order valence-electron chi connectivity index (χ4n) is 1.13. The summed E-state index contributed by atoms with van der Waals surface area (Å²) in [5.74, 6) is -2.07. The average molecular weight is 261 g/mol. The van der Waals surface area contributed by atoms with Gasteiger partial charge in [-0.15, -0.1) is 0 Å². The highest BCUT2D eigenvalue weighted by Crippen LogP contribution is 2.29. The Hall–Kier alpha value is -0.900. The molecule has 0 bridgehead atoms. The minimum Gasteiger partial charge on any atom is -0.481 e. The highest BCUT2D eigenvalue weighted by atomic mass is 79.9. The van der Waals surface area contributed by atoms with Crippen molar-refractivity contribution < 1.29 is 14.3 Å². The Kier molecular flexibility index (Phi) is 3.26. The van der Waals surface area contributed by atoms with Gasteiger partial charge in [0.25, 0.3) is 0 Å². The summed E-state index contributed by atoms with van der Waals surface area (Å²) in [6.07, 6.45) is 0. The third kappa shape index (κ3) is 1.95. The number of benzene rings is 1. The van der Waals surface area contributed by atoms with E-state index in [4.69, 9.17) is 5.11 Å². The molecule has 0 radical (unpaired) electrons. The largest absolute Gasteiger partial charge is 0.481 e. The quantitative estimate of drug-likeness (QED) is 0.888. The summed E-state index contributed by atoms with van der Waals surface area (Å²) in [5, 5.41) is 8.78. The molecule has 76 valence electrons. The zero-order valence-electron chi connectivity index (χ0n) is 7.84. The van der Waals surface area contributed by atoms with E-state index in [0.29, 0.717) is 11.1 Å². The molecule has 0 aromatic heterocycles. The molecule has 0 aliphatic carbocycles. The smallest absolute Gasteiger partial charge is 0.310 e. The molecule has 0 heterocycles. The van der Waals surface area contributed by atoms with Gasteiger partial charge in [0.15, 0.2) is 0 Å². The van der Waals surface area contributed by atoms with Crippen LogP contribution in [0.3, 0.4) is 0 Å². The topological polar surface area (TPSA) is 37.3 Å². The van der Waals surface area contributed by atoms with E-state index in [1.54, 1.807) is 19.1 Å². The predicted octanol–water partition coefficient (Wildman–Crippen LogP) is 3.08. The van der Waals surface area contributed by atoms with E-state index in [-0.39, 0.29) is 4.47 Å². The van der Waals surface area contributed by atoms with Crippen LogP contribution in [0.25, 0.3) is 0 Å². The van der Waals surface area contributed by atoms with Crippen molar-refractivity contribution in [3.8, 4) is 0 Å². The molecular formula is C10H10BrFO2. The van der Waals surface area contributed by atoms with Crippen LogP contribution in [-0.4, -0.2) is 11.1 Å². The van der Waals surface area contributed by atoms with Gasteiger partial charge in [-0.3, -0.25) is 4.79 Å². The SMILES string of the molecule is Cc1ccc(C(C)C(=O)O)c(Br)c1F. The Morgan fingerprint density at radius 2 is 2.14 bits per heavy atom. The molecule has 1 aromatic carbocycles. The number of halogens is 2. The molecule has 0 saturated carbocycles. The fourth-order valence-corrected chi connectivity index (χ4v) is 1.92. The number of hydrogen-bond donors (Lipinski definition) is 1. The molecule has 2 nitrogen and oxygen atoms in total. The monoisotopic (exact) mass is 260 g/mol. The van der Waals surface area contributed by atoms with Crippen molar-refractivity contribution in [1.29, 1.82) is 0 Å². The van der Waals surface area contributed by atoms with E-state index < -0.39 is 17.7 Å². The molecular weight excluding hydrogens is 251 g/mol. The molecule has 0 saturated heterocycles. The van der Waals surface area contributed by atoms with Gasteiger partial charge in [-0.1, -0.05) is 12.1 Å². The zero-order valence-corrected chi connectivity index (χ0v) is 9.43. The third-order valence-electron chi connectivity index (χ3n) is 2.14. The zero-order chi connectivity index (χ0) is 10.9. The van der Waals surface area contributed by atoms with Crippen molar-refractivity contribution in [3.63, 3.8) is 0 Å². The van der Waals surface area contributed by atoms with Gasteiger partial charge in [0.2, 0.25) is 0 Å². The molecule has 4 heteroatoms. The van der Waals surface area contributed by atoms with Crippen LogP contribution in [0.2, 0.25) is 0 Å². The van der Waals surface area contributed by atoms with Crippen molar-refractivity contribution in [2.24, 2.45) is 0 Å². The standard InChI is InChI=1S/C10H10BrFO2/c1-5-3-4-7(6(2)10(13)14)8(11)9(5)12/h3-4,6H,1-2H3,(H,13,14). The van der Waals surface area contributed by atoms with Gasteiger partial charge in [0.1, 0.15) is 5.82 Å². The Balaban J connectivity index is 3.24. The van der Waals surface area contributed by atoms with Crippen LogP contribution in [-0.2, 0) is 4.79 Å². The van der Waals surface area contributed by atoms with E-state index >= 15 is 0 Å². The summed E-state index contributed by atoms with van der Waals surface area (Å²) in [6.45, 7) is 3.16. The Morgan fingerprint density at radius 1 is 1.57 bits per heavy atom. The average Bonchev–Trinajstić information content (AvgIpc) is 2.13. The first kappa shape index (κ1) is 11.2. The van der Waals surface area contributed by atoms with Crippen LogP contribution in [0, 0.1) is 12.7 Å². The van der Waals surface area contributed by atoms with Gasteiger partial charge in [0, 0.05) is 0 Å². The lowest BCUT2D eigenvalue weighted by Crippen LogP contribution is -2.09. The lowest BCUT2D eigenvalue weighted by Gasteiger charge is -2.10. The summed E-state index contributed by atoms with van der Waals surface area (Å²) in [5.41, 5.74) is 0.957. The minimum absolute atomic E-state index is 0.243. The van der Waals surface area contributed by atoms with Gasteiger partial charge < -0.3 is 5.11 Å². The molecule has 0 aliphatic heterocycles. The van der Waals surface area contributed by atoms with Gasteiger partial charge >= 0.3 is 5.97 Å². The lowest BCUT2D eigenvalue weighted by molar-refractivity contribution is -0.138. The third-order valence-corrected chi connectivity index (χ3v) is 2.95. The summed E-state index contributed by atoms with van der Waals surface area (Å²) in [6, 6.07) is 3.20. The molecule has 0 spiro atoms.